The maximum atomic E-state index is 13.5. The van der Waals surface area contributed by atoms with E-state index in [9.17, 15) is 9.70 Å². The minimum absolute atomic E-state index is 0.0109. The van der Waals surface area contributed by atoms with Crippen LogP contribution < -0.4 is 16.8 Å². The van der Waals surface area contributed by atoms with Crippen LogP contribution >= 0.6 is 0 Å². The van der Waals surface area contributed by atoms with Crippen LogP contribution in [0.3, 0.4) is 0 Å². The van der Waals surface area contributed by atoms with E-state index in [2.05, 4.69) is 39.7 Å². The Morgan fingerprint density at radius 1 is 1.14 bits per heavy atom. The first-order chi connectivity index (χ1) is 17.0. The molecule has 3 aliphatic rings. The number of allylic oxidation sites excluding steroid dienone is 1. The zero-order valence-corrected chi connectivity index (χ0v) is 19.8. The predicted molar refractivity (Wildman–Crippen MR) is 137 cm³/mol. The zero-order valence-electron chi connectivity index (χ0n) is 19.8. The second-order valence-corrected chi connectivity index (χ2v) is 9.85. The number of benzene rings is 2. The fourth-order valence-corrected chi connectivity index (χ4v) is 5.48. The van der Waals surface area contributed by atoms with Gasteiger partial charge in [-0.25, -0.2) is 0 Å². The molecule has 0 radical (unpaired) electrons. The van der Waals surface area contributed by atoms with Crippen LogP contribution in [0.5, 0.6) is 0 Å². The summed E-state index contributed by atoms with van der Waals surface area (Å²) in [7, 11) is 0. The summed E-state index contributed by atoms with van der Waals surface area (Å²) in [5.41, 5.74) is 17.0. The molecule has 2 aliphatic heterocycles. The van der Waals surface area contributed by atoms with Crippen LogP contribution in [0.2, 0.25) is 0 Å². The summed E-state index contributed by atoms with van der Waals surface area (Å²) in [6.45, 7) is 3.24. The number of nitrogens with two attached hydrogens (primary N) is 2. The first-order valence-corrected chi connectivity index (χ1v) is 12.2. The summed E-state index contributed by atoms with van der Waals surface area (Å²) in [4.78, 5) is 29.5. The smallest absolute Gasteiger partial charge is 0.254 e. The van der Waals surface area contributed by atoms with E-state index >= 15 is 0 Å². The van der Waals surface area contributed by atoms with E-state index in [1.807, 2.05) is 23.1 Å². The highest BCUT2D eigenvalue weighted by Crippen LogP contribution is 2.52. The van der Waals surface area contributed by atoms with E-state index in [0.29, 0.717) is 30.9 Å². The molecule has 8 heteroatoms. The van der Waals surface area contributed by atoms with Crippen LogP contribution in [0.1, 0.15) is 39.9 Å². The second kappa shape index (κ2) is 9.54. The first kappa shape index (κ1) is 23.1. The summed E-state index contributed by atoms with van der Waals surface area (Å²) in [6, 6.07) is 13.9. The van der Waals surface area contributed by atoms with Crippen molar-refractivity contribution in [2.45, 2.75) is 37.3 Å². The van der Waals surface area contributed by atoms with Crippen molar-refractivity contribution in [3.8, 4) is 0 Å². The van der Waals surface area contributed by atoms with Gasteiger partial charge in [0.2, 0.25) is 0 Å². The first-order valence-electron chi connectivity index (χ1n) is 12.2. The third kappa shape index (κ3) is 4.66. The van der Waals surface area contributed by atoms with Crippen LogP contribution in [0.4, 0.5) is 5.69 Å². The molecule has 5 rings (SSSR count). The molecule has 1 spiro atoms. The summed E-state index contributed by atoms with van der Waals surface area (Å²) in [5, 5.41) is 6.64. The topological polar surface area (TPSA) is 117 Å². The molecule has 35 heavy (non-hydrogen) atoms. The van der Waals surface area contributed by atoms with Crippen molar-refractivity contribution in [3.05, 3.63) is 93.8 Å². The van der Waals surface area contributed by atoms with Gasteiger partial charge in [0.25, 0.3) is 5.91 Å². The molecular weight excluding hydrogens is 440 g/mol. The fraction of sp³-hybridized carbons (Fsp3) is 0.370. The number of carbonyl (C=O) groups is 1. The van der Waals surface area contributed by atoms with Gasteiger partial charge in [-0.05, 0) is 60.4 Å². The second-order valence-electron chi connectivity index (χ2n) is 9.85. The largest absolute Gasteiger partial charge is 0.405 e. The predicted octanol–water partition coefficient (Wildman–Crippen LogP) is 3.05. The van der Waals surface area contributed by atoms with Gasteiger partial charge in [0.05, 0.1) is 5.70 Å². The molecular formula is C27H32N6O2. The molecule has 0 bridgehead atoms. The zero-order chi connectivity index (χ0) is 24.4. The van der Waals surface area contributed by atoms with Gasteiger partial charge >= 0.3 is 0 Å². The highest BCUT2D eigenvalue weighted by molar-refractivity contribution is 5.99. The van der Waals surface area contributed by atoms with E-state index in [1.54, 1.807) is 6.08 Å². The van der Waals surface area contributed by atoms with Crippen molar-refractivity contribution in [2.75, 3.05) is 31.5 Å². The summed E-state index contributed by atoms with van der Waals surface area (Å²) < 4.78 is 0. The summed E-state index contributed by atoms with van der Waals surface area (Å²) in [5.74, 6) is -0.0496. The molecule has 8 nitrogen and oxygen atoms in total. The molecule has 1 fully saturated rings. The van der Waals surface area contributed by atoms with Gasteiger partial charge in [0.1, 0.15) is 6.04 Å². The minimum atomic E-state index is -0.468. The normalized spacial score (nSPS) is 19.9. The number of nitroso groups, excluding NO2 is 1. The average Bonchev–Trinajstić information content (AvgIpc) is 3.66. The molecule has 182 valence electrons. The standard InChI is InChI=1S/C27H32N6O2/c28-11-7-22(14-29)30-21-5-6-25-24(13-21)26(34)33(18-27(25)9-10-27)17-23(31-35)16-32-12-8-19-3-1-2-4-20(19)15-32/h1-7,11,13-14,23,30H,8-10,12,15-18,28-29H2/b11-7-,22-14+. The lowest BCUT2D eigenvalue weighted by molar-refractivity contribution is 0.0690. The van der Waals surface area contributed by atoms with Crippen LogP contribution in [-0.4, -0.2) is 47.9 Å². The number of hydrogen-bond acceptors (Lipinski definition) is 7. The number of fused-ring (bicyclic) bond motifs is 3. The summed E-state index contributed by atoms with van der Waals surface area (Å²) >= 11 is 0. The van der Waals surface area contributed by atoms with Crippen molar-refractivity contribution < 1.29 is 4.79 Å². The SMILES string of the molecule is N/C=C\C(=C/N)Nc1ccc2c(c1)C(=O)N(CC(CN1CCc3ccccc3C1)N=O)CC21CC1. The molecule has 0 aromatic heterocycles. The molecule has 5 N–H and O–H groups in total. The van der Waals surface area contributed by atoms with Crippen molar-refractivity contribution >= 4 is 11.6 Å². The number of rotatable bonds is 8. The third-order valence-electron chi connectivity index (χ3n) is 7.46. The molecule has 1 unspecified atom stereocenters. The Labute approximate surface area is 205 Å². The molecule has 1 saturated carbocycles. The van der Waals surface area contributed by atoms with Crippen LogP contribution in [0.25, 0.3) is 0 Å². The Bertz CT molecular complexity index is 1190. The van der Waals surface area contributed by atoms with Crippen molar-refractivity contribution in [3.63, 3.8) is 0 Å². The Balaban J connectivity index is 1.31. The van der Waals surface area contributed by atoms with Crippen LogP contribution in [0, 0.1) is 4.91 Å². The monoisotopic (exact) mass is 472 g/mol. The van der Waals surface area contributed by atoms with E-state index in [-0.39, 0.29) is 11.3 Å². The van der Waals surface area contributed by atoms with E-state index in [4.69, 9.17) is 11.5 Å². The van der Waals surface area contributed by atoms with Crippen LogP contribution in [0.15, 0.2) is 71.8 Å². The number of nitrogens with one attached hydrogen (secondary N) is 1. The lowest BCUT2D eigenvalue weighted by Gasteiger charge is -2.37. The van der Waals surface area contributed by atoms with Crippen molar-refractivity contribution in [1.29, 1.82) is 0 Å². The van der Waals surface area contributed by atoms with Gasteiger partial charge in [-0.2, -0.15) is 4.91 Å². The maximum Gasteiger partial charge on any atom is 0.254 e. The lowest BCUT2D eigenvalue weighted by Crippen LogP contribution is -2.48. The van der Waals surface area contributed by atoms with Gasteiger partial charge in [0.15, 0.2) is 0 Å². The van der Waals surface area contributed by atoms with Gasteiger partial charge < -0.3 is 21.7 Å². The van der Waals surface area contributed by atoms with Crippen molar-refractivity contribution in [2.24, 2.45) is 16.6 Å². The average molecular weight is 473 g/mol. The fourth-order valence-electron chi connectivity index (χ4n) is 5.48. The Hall–Kier alpha value is -3.65. The number of amides is 1. The Kier molecular flexibility index (Phi) is 6.30. The highest BCUT2D eigenvalue weighted by Gasteiger charge is 2.51. The van der Waals surface area contributed by atoms with E-state index in [1.165, 1.54) is 23.5 Å². The molecule has 1 atom stereocenters. The number of anilines is 1. The Morgan fingerprint density at radius 3 is 2.66 bits per heavy atom. The summed E-state index contributed by atoms with van der Waals surface area (Å²) in [6.07, 6.45) is 7.55. The van der Waals surface area contributed by atoms with Gasteiger partial charge in [0, 0.05) is 55.6 Å². The molecule has 0 saturated heterocycles. The van der Waals surface area contributed by atoms with E-state index in [0.717, 1.165) is 43.6 Å². The minimum Gasteiger partial charge on any atom is -0.405 e. The number of hydrogen-bond donors (Lipinski definition) is 3. The van der Waals surface area contributed by atoms with Gasteiger partial charge in [-0.3, -0.25) is 9.69 Å². The van der Waals surface area contributed by atoms with Crippen molar-refractivity contribution in [1.82, 2.24) is 9.80 Å². The highest BCUT2D eigenvalue weighted by atomic mass is 16.3. The number of nitrogens with zero attached hydrogens (tertiary/aromatic N) is 3. The molecule has 2 heterocycles. The van der Waals surface area contributed by atoms with Gasteiger partial charge in [-0.15, -0.1) is 0 Å². The van der Waals surface area contributed by atoms with E-state index < -0.39 is 6.04 Å². The molecule has 1 aliphatic carbocycles. The Morgan fingerprint density at radius 2 is 1.94 bits per heavy atom. The molecule has 2 aromatic rings. The molecule has 1 amide bonds. The number of carbonyl (C=O) groups excluding carboxylic acids is 1. The maximum absolute atomic E-state index is 13.5. The third-order valence-corrected chi connectivity index (χ3v) is 7.46. The molecule has 2 aromatic carbocycles. The quantitative estimate of drug-likeness (QED) is 0.402. The lowest BCUT2D eigenvalue weighted by atomic mass is 9.86. The van der Waals surface area contributed by atoms with Crippen LogP contribution in [-0.2, 0) is 18.4 Å². The van der Waals surface area contributed by atoms with Gasteiger partial charge in [-0.1, -0.05) is 35.5 Å².